The molecule has 24 heavy (non-hydrogen) atoms. The zero-order valence-electron chi connectivity index (χ0n) is 13.9. The van der Waals surface area contributed by atoms with Crippen LogP contribution < -0.4 is 0 Å². The molecular weight excluding hydrogens is 344 g/mol. The highest BCUT2D eigenvalue weighted by Gasteiger charge is 2.17. The third-order valence-corrected chi connectivity index (χ3v) is 7.47. The maximum Gasteiger partial charge on any atom is 0.178 e. The third kappa shape index (κ3) is 4.92. The first-order chi connectivity index (χ1) is 11.2. The second-order valence-corrected chi connectivity index (χ2v) is 10.2. The van der Waals surface area contributed by atoms with Crippen molar-refractivity contribution < 1.29 is 16.8 Å². The molecule has 2 aromatic carbocycles. The molecular formula is C18H22O4S2. The Kier molecular flexibility index (Phi) is 5.83. The lowest BCUT2D eigenvalue weighted by molar-refractivity contribution is 0.585. The molecule has 0 aliphatic carbocycles. The lowest BCUT2D eigenvalue weighted by atomic mass is 10.2. The molecule has 0 aromatic heterocycles. The van der Waals surface area contributed by atoms with E-state index in [4.69, 9.17) is 0 Å². The first-order valence-corrected chi connectivity index (χ1v) is 11.1. The van der Waals surface area contributed by atoms with Gasteiger partial charge in [-0.2, -0.15) is 0 Å². The molecule has 0 saturated carbocycles. The van der Waals surface area contributed by atoms with Gasteiger partial charge >= 0.3 is 0 Å². The van der Waals surface area contributed by atoms with Crippen molar-refractivity contribution in [1.82, 2.24) is 0 Å². The predicted octanol–water partition coefficient (Wildman–Crippen LogP) is 3.33. The van der Waals surface area contributed by atoms with Crippen molar-refractivity contribution >= 4 is 19.7 Å². The molecule has 2 rings (SSSR count). The normalized spacial score (nSPS) is 12.2. The highest BCUT2D eigenvalue weighted by atomic mass is 32.2. The minimum Gasteiger partial charge on any atom is -0.224 e. The minimum atomic E-state index is -3.36. The molecule has 0 unspecified atom stereocenters. The van der Waals surface area contributed by atoms with E-state index in [2.05, 4.69) is 0 Å². The van der Waals surface area contributed by atoms with Crippen LogP contribution in [0.3, 0.4) is 0 Å². The van der Waals surface area contributed by atoms with Gasteiger partial charge in [-0.15, -0.1) is 0 Å². The van der Waals surface area contributed by atoms with E-state index in [0.717, 1.165) is 11.1 Å². The lowest BCUT2D eigenvalue weighted by Crippen LogP contribution is -2.11. The number of aryl methyl sites for hydroxylation is 2. The molecule has 0 saturated heterocycles. The molecule has 4 nitrogen and oxygen atoms in total. The Morgan fingerprint density at radius 1 is 0.583 bits per heavy atom. The van der Waals surface area contributed by atoms with Crippen LogP contribution in [0.5, 0.6) is 0 Å². The Labute approximate surface area is 144 Å². The molecule has 0 fully saturated rings. The molecule has 6 heteroatoms. The monoisotopic (exact) mass is 366 g/mol. The smallest absolute Gasteiger partial charge is 0.178 e. The van der Waals surface area contributed by atoms with E-state index in [-0.39, 0.29) is 21.3 Å². The molecule has 130 valence electrons. The number of rotatable bonds is 7. The number of unbranched alkanes of at least 4 members (excludes halogenated alkanes) is 1. The van der Waals surface area contributed by atoms with Gasteiger partial charge in [0.15, 0.2) is 19.7 Å². The maximum absolute atomic E-state index is 12.2. The molecule has 0 spiro atoms. The first kappa shape index (κ1) is 18.7. The summed E-state index contributed by atoms with van der Waals surface area (Å²) < 4.78 is 48.9. The Bertz CT molecular complexity index is 802. The average molecular weight is 367 g/mol. The van der Waals surface area contributed by atoms with Crippen molar-refractivity contribution in [1.29, 1.82) is 0 Å². The summed E-state index contributed by atoms with van der Waals surface area (Å²) in [6, 6.07) is 13.4. The Hall–Kier alpha value is -1.66. The zero-order chi connectivity index (χ0) is 17.8. The summed E-state index contributed by atoms with van der Waals surface area (Å²) in [6.07, 6.45) is 0.641. The molecule has 0 bridgehead atoms. The van der Waals surface area contributed by atoms with E-state index in [1.807, 2.05) is 13.8 Å². The number of hydrogen-bond donors (Lipinski definition) is 0. The number of hydrogen-bond acceptors (Lipinski definition) is 4. The number of benzene rings is 2. The van der Waals surface area contributed by atoms with Crippen molar-refractivity contribution in [3.63, 3.8) is 0 Å². The summed E-state index contributed by atoms with van der Waals surface area (Å²) in [7, 11) is -6.72. The van der Waals surface area contributed by atoms with Gasteiger partial charge in [0.05, 0.1) is 21.3 Å². The Morgan fingerprint density at radius 2 is 0.875 bits per heavy atom. The highest BCUT2D eigenvalue weighted by molar-refractivity contribution is 7.91. The van der Waals surface area contributed by atoms with Crippen molar-refractivity contribution in [2.24, 2.45) is 0 Å². The van der Waals surface area contributed by atoms with Gasteiger partial charge in [0.2, 0.25) is 0 Å². The standard InChI is InChI=1S/C18H22O4S2/c1-15-5-9-17(10-6-15)23(19,20)13-3-4-14-24(21,22)18-11-7-16(2)8-12-18/h5-12H,3-4,13-14H2,1-2H3. The van der Waals surface area contributed by atoms with Crippen LogP contribution in [0, 0.1) is 13.8 Å². The van der Waals surface area contributed by atoms with Gasteiger partial charge in [-0.05, 0) is 51.0 Å². The topological polar surface area (TPSA) is 68.3 Å². The maximum atomic E-state index is 12.2. The molecule has 0 aliphatic heterocycles. The molecule has 2 aromatic rings. The quantitative estimate of drug-likeness (QED) is 0.705. The lowest BCUT2D eigenvalue weighted by Gasteiger charge is -2.06. The number of sulfone groups is 2. The van der Waals surface area contributed by atoms with Crippen LogP contribution in [-0.2, 0) is 19.7 Å². The molecule has 0 amide bonds. The highest BCUT2D eigenvalue weighted by Crippen LogP contribution is 2.16. The van der Waals surface area contributed by atoms with Gasteiger partial charge in [-0.3, -0.25) is 0 Å². The van der Waals surface area contributed by atoms with E-state index in [9.17, 15) is 16.8 Å². The Balaban J connectivity index is 1.92. The fourth-order valence-electron chi connectivity index (χ4n) is 2.31. The van der Waals surface area contributed by atoms with Crippen molar-refractivity contribution in [2.75, 3.05) is 11.5 Å². The van der Waals surface area contributed by atoms with Crippen LogP contribution in [0.15, 0.2) is 58.3 Å². The van der Waals surface area contributed by atoms with Crippen molar-refractivity contribution in [3.05, 3.63) is 59.7 Å². The molecule has 0 N–H and O–H groups in total. The summed E-state index contributed by atoms with van der Waals surface area (Å²) in [5.74, 6) is -0.0844. The summed E-state index contributed by atoms with van der Waals surface area (Å²) >= 11 is 0. The van der Waals surface area contributed by atoms with Crippen LogP contribution in [-0.4, -0.2) is 28.3 Å². The van der Waals surface area contributed by atoms with E-state index in [1.54, 1.807) is 48.5 Å². The van der Waals surface area contributed by atoms with Crippen LogP contribution in [0.1, 0.15) is 24.0 Å². The van der Waals surface area contributed by atoms with Crippen molar-refractivity contribution in [2.45, 2.75) is 36.5 Å². The Morgan fingerprint density at radius 3 is 1.17 bits per heavy atom. The molecule has 0 aliphatic rings. The van der Waals surface area contributed by atoms with E-state index in [1.165, 1.54) is 0 Å². The summed E-state index contributed by atoms with van der Waals surface area (Å²) in [5.41, 5.74) is 2.00. The predicted molar refractivity (Wildman–Crippen MR) is 95.7 cm³/mol. The summed E-state index contributed by atoms with van der Waals surface area (Å²) in [6.45, 7) is 3.79. The second kappa shape index (κ2) is 7.49. The van der Waals surface area contributed by atoms with Gasteiger partial charge in [0.1, 0.15) is 0 Å². The first-order valence-electron chi connectivity index (χ1n) is 7.79. The summed E-state index contributed by atoms with van der Waals surface area (Å²) in [5, 5.41) is 0. The molecule has 0 atom stereocenters. The van der Waals surface area contributed by atoms with Crippen LogP contribution in [0.2, 0.25) is 0 Å². The van der Waals surface area contributed by atoms with Gasteiger partial charge in [0, 0.05) is 0 Å². The van der Waals surface area contributed by atoms with Gasteiger partial charge in [-0.25, -0.2) is 16.8 Å². The van der Waals surface area contributed by atoms with E-state index in [0.29, 0.717) is 12.8 Å². The van der Waals surface area contributed by atoms with Crippen LogP contribution in [0.25, 0.3) is 0 Å². The second-order valence-electron chi connectivity index (χ2n) is 5.97. The van der Waals surface area contributed by atoms with E-state index < -0.39 is 19.7 Å². The third-order valence-electron chi connectivity index (χ3n) is 3.84. The fourth-order valence-corrected chi connectivity index (χ4v) is 5.05. The van der Waals surface area contributed by atoms with Gasteiger partial charge < -0.3 is 0 Å². The van der Waals surface area contributed by atoms with Crippen LogP contribution >= 0.6 is 0 Å². The zero-order valence-corrected chi connectivity index (χ0v) is 15.5. The molecule has 0 heterocycles. The summed E-state index contributed by atoms with van der Waals surface area (Å²) in [4.78, 5) is 0.573. The van der Waals surface area contributed by atoms with Gasteiger partial charge in [-0.1, -0.05) is 35.4 Å². The SMILES string of the molecule is Cc1ccc(S(=O)(=O)CCCCS(=O)(=O)c2ccc(C)cc2)cc1. The minimum absolute atomic E-state index is 0.0422. The average Bonchev–Trinajstić information content (AvgIpc) is 2.52. The van der Waals surface area contributed by atoms with Crippen LogP contribution in [0.4, 0.5) is 0 Å². The fraction of sp³-hybridized carbons (Fsp3) is 0.333. The molecule has 0 radical (unpaired) electrons. The largest absolute Gasteiger partial charge is 0.224 e. The van der Waals surface area contributed by atoms with E-state index >= 15 is 0 Å². The van der Waals surface area contributed by atoms with Crippen molar-refractivity contribution in [3.8, 4) is 0 Å². The van der Waals surface area contributed by atoms with Gasteiger partial charge in [0.25, 0.3) is 0 Å².